The molecule has 0 N–H and O–H groups in total. The lowest BCUT2D eigenvalue weighted by molar-refractivity contribution is -0.386. The Balaban J connectivity index is 2.61. The largest absolute Gasteiger partial charge is 0.313 e. The number of rotatable bonds is 2. The lowest BCUT2D eigenvalue weighted by Gasteiger charge is -2.04. The van der Waals surface area contributed by atoms with Crippen LogP contribution in [-0.2, 0) is 0 Å². The Labute approximate surface area is 114 Å². The highest BCUT2D eigenvalue weighted by atomic mass is 35.5. The van der Waals surface area contributed by atoms with Crippen molar-refractivity contribution in [1.29, 1.82) is 5.26 Å². The number of nitrogens with zero attached hydrogens (tertiary/aromatic N) is 4. The highest BCUT2D eigenvalue weighted by molar-refractivity contribution is 6.31. The summed E-state index contributed by atoms with van der Waals surface area (Å²) in [6, 6.07) is 6.71. The zero-order chi connectivity index (χ0) is 14.2. The van der Waals surface area contributed by atoms with E-state index >= 15 is 0 Å². The van der Waals surface area contributed by atoms with Crippen molar-refractivity contribution in [1.82, 2.24) is 9.78 Å². The summed E-state index contributed by atoms with van der Waals surface area (Å²) < 4.78 is 1.44. The van der Waals surface area contributed by atoms with Gasteiger partial charge in [-0.05, 0) is 32.0 Å². The Morgan fingerprint density at radius 2 is 2.16 bits per heavy atom. The fourth-order valence-corrected chi connectivity index (χ4v) is 2.09. The van der Waals surface area contributed by atoms with Crippen LogP contribution in [0.5, 0.6) is 0 Å². The molecule has 7 heteroatoms. The minimum Gasteiger partial charge on any atom is -0.258 e. The van der Waals surface area contributed by atoms with E-state index in [-0.39, 0.29) is 10.7 Å². The molecule has 6 nitrogen and oxygen atoms in total. The average molecular weight is 277 g/mol. The van der Waals surface area contributed by atoms with Gasteiger partial charge in [-0.3, -0.25) is 10.1 Å². The van der Waals surface area contributed by atoms with Crippen molar-refractivity contribution in [3.8, 4) is 11.8 Å². The Kier molecular flexibility index (Phi) is 3.23. The van der Waals surface area contributed by atoms with Crippen LogP contribution >= 0.6 is 11.6 Å². The highest BCUT2D eigenvalue weighted by Gasteiger charge is 2.22. The lowest BCUT2D eigenvalue weighted by atomic mass is 10.2. The van der Waals surface area contributed by atoms with E-state index in [1.165, 1.54) is 4.68 Å². The minimum absolute atomic E-state index is 0.0134. The molecule has 1 aromatic carbocycles. The topological polar surface area (TPSA) is 84.8 Å². The maximum atomic E-state index is 10.9. The molecule has 19 heavy (non-hydrogen) atoms. The predicted octanol–water partition coefficient (Wildman–Crippen LogP) is 2.92. The van der Waals surface area contributed by atoms with Crippen LogP contribution in [0.2, 0.25) is 5.02 Å². The first-order chi connectivity index (χ1) is 8.95. The number of aromatic nitrogens is 2. The van der Waals surface area contributed by atoms with Gasteiger partial charge in [0.25, 0.3) is 0 Å². The third-order valence-corrected chi connectivity index (χ3v) is 3.07. The van der Waals surface area contributed by atoms with Crippen molar-refractivity contribution in [3.05, 3.63) is 50.3 Å². The van der Waals surface area contributed by atoms with Gasteiger partial charge in [0.15, 0.2) is 0 Å². The minimum atomic E-state index is -0.459. The van der Waals surface area contributed by atoms with Gasteiger partial charge in [0, 0.05) is 0 Å². The Morgan fingerprint density at radius 1 is 1.47 bits per heavy atom. The quantitative estimate of drug-likeness (QED) is 0.623. The predicted molar refractivity (Wildman–Crippen MR) is 69.4 cm³/mol. The average Bonchev–Trinajstić information content (AvgIpc) is 2.64. The molecule has 96 valence electrons. The Morgan fingerprint density at radius 3 is 2.63 bits per heavy atom. The smallest absolute Gasteiger partial charge is 0.258 e. The third kappa shape index (κ3) is 2.16. The van der Waals surface area contributed by atoms with Gasteiger partial charge in [-0.15, -0.1) is 0 Å². The zero-order valence-corrected chi connectivity index (χ0v) is 11.0. The van der Waals surface area contributed by atoms with Gasteiger partial charge in [0.1, 0.15) is 17.5 Å². The van der Waals surface area contributed by atoms with E-state index in [4.69, 9.17) is 16.9 Å². The number of hydrogen-bond donors (Lipinski definition) is 0. The fraction of sp³-hybridized carbons (Fsp3) is 0.167. The molecule has 0 atom stereocenters. The SMILES string of the molecule is Cc1nn(-c2ccc(C#N)c(Cl)c2)c(C)c1[N+](=O)[O-]. The maximum Gasteiger partial charge on any atom is 0.313 e. The lowest BCUT2D eigenvalue weighted by Crippen LogP contribution is -2.00. The van der Waals surface area contributed by atoms with Crippen molar-refractivity contribution in [2.75, 3.05) is 0 Å². The molecule has 2 rings (SSSR count). The number of halogens is 1. The van der Waals surface area contributed by atoms with E-state index in [1.54, 1.807) is 32.0 Å². The van der Waals surface area contributed by atoms with Gasteiger partial charge < -0.3 is 0 Å². The Hall–Kier alpha value is -2.39. The fourth-order valence-electron chi connectivity index (χ4n) is 1.88. The molecule has 0 spiro atoms. The van der Waals surface area contributed by atoms with Crippen molar-refractivity contribution >= 4 is 17.3 Å². The molecule has 0 saturated heterocycles. The molecular formula is C12H9ClN4O2. The van der Waals surface area contributed by atoms with Crippen molar-refractivity contribution < 1.29 is 4.92 Å². The second-order valence-electron chi connectivity index (χ2n) is 3.96. The van der Waals surface area contributed by atoms with Crippen molar-refractivity contribution in [2.45, 2.75) is 13.8 Å². The molecule has 1 heterocycles. The Bertz CT molecular complexity index is 715. The first-order valence-electron chi connectivity index (χ1n) is 5.36. The van der Waals surface area contributed by atoms with E-state index in [0.29, 0.717) is 22.6 Å². The van der Waals surface area contributed by atoms with E-state index in [9.17, 15) is 10.1 Å². The third-order valence-electron chi connectivity index (χ3n) is 2.75. The second-order valence-corrected chi connectivity index (χ2v) is 4.37. The molecule has 2 aromatic rings. The molecule has 0 bridgehead atoms. The molecule has 0 aliphatic rings. The molecule has 0 fully saturated rings. The van der Waals surface area contributed by atoms with Gasteiger partial charge in [0.05, 0.1) is 21.2 Å². The first-order valence-corrected chi connectivity index (χ1v) is 5.74. The first kappa shape index (κ1) is 13.1. The van der Waals surface area contributed by atoms with Crippen LogP contribution in [-0.4, -0.2) is 14.7 Å². The summed E-state index contributed by atoms with van der Waals surface area (Å²) in [4.78, 5) is 10.5. The van der Waals surface area contributed by atoms with E-state index < -0.39 is 4.92 Å². The summed E-state index contributed by atoms with van der Waals surface area (Å²) in [5.41, 5.74) is 1.67. The second kappa shape index (κ2) is 4.71. The highest BCUT2D eigenvalue weighted by Crippen LogP contribution is 2.26. The molecule has 0 radical (unpaired) electrons. The molecule has 0 saturated carbocycles. The van der Waals surface area contributed by atoms with Crippen LogP contribution in [0.15, 0.2) is 18.2 Å². The number of aryl methyl sites for hydroxylation is 1. The summed E-state index contributed by atoms with van der Waals surface area (Å²) in [6.07, 6.45) is 0. The van der Waals surface area contributed by atoms with Crippen LogP contribution < -0.4 is 0 Å². The van der Waals surface area contributed by atoms with Gasteiger partial charge in [0.2, 0.25) is 0 Å². The van der Waals surface area contributed by atoms with Crippen LogP contribution in [0.4, 0.5) is 5.69 Å². The maximum absolute atomic E-state index is 10.9. The number of nitro groups is 1. The van der Waals surface area contributed by atoms with Crippen LogP contribution in [0.25, 0.3) is 5.69 Å². The molecule has 0 amide bonds. The van der Waals surface area contributed by atoms with Gasteiger partial charge >= 0.3 is 5.69 Å². The van der Waals surface area contributed by atoms with Gasteiger partial charge in [-0.2, -0.15) is 10.4 Å². The molecular weight excluding hydrogens is 268 g/mol. The van der Waals surface area contributed by atoms with Gasteiger partial charge in [-0.1, -0.05) is 11.6 Å². The molecule has 1 aromatic heterocycles. The van der Waals surface area contributed by atoms with E-state index in [0.717, 1.165) is 0 Å². The summed E-state index contributed by atoms with van der Waals surface area (Å²) in [7, 11) is 0. The van der Waals surface area contributed by atoms with Crippen LogP contribution in [0.3, 0.4) is 0 Å². The number of benzene rings is 1. The summed E-state index contributed by atoms with van der Waals surface area (Å²) in [6.45, 7) is 3.19. The number of nitriles is 1. The van der Waals surface area contributed by atoms with Crippen molar-refractivity contribution in [3.63, 3.8) is 0 Å². The summed E-state index contributed by atoms with van der Waals surface area (Å²) in [5.74, 6) is 0. The van der Waals surface area contributed by atoms with Gasteiger partial charge in [-0.25, -0.2) is 4.68 Å². The van der Waals surface area contributed by atoms with E-state index in [1.807, 2.05) is 6.07 Å². The number of hydrogen-bond acceptors (Lipinski definition) is 4. The molecule has 0 aliphatic carbocycles. The van der Waals surface area contributed by atoms with Crippen LogP contribution in [0.1, 0.15) is 17.0 Å². The van der Waals surface area contributed by atoms with Crippen LogP contribution in [0, 0.1) is 35.3 Å². The molecule has 0 unspecified atom stereocenters. The van der Waals surface area contributed by atoms with E-state index in [2.05, 4.69) is 5.10 Å². The normalized spacial score (nSPS) is 10.2. The zero-order valence-electron chi connectivity index (χ0n) is 10.2. The summed E-state index contributed by atoms with van der Waals surface area (Å²) in [5, 5.41) is 24.2. The summed E-state index contributed by atoms with van der Waals surface area (Å²) >= 11 is 5.94. The standard InChI is InChI=1S/C12H9ClN4O2/c1-7-12(17(18)19)8(2)16(15-7)10-4-3-9(6-14)11(13)5-10/h3-5H,1-2H3. The molecule has 0 aliphatic heterocycles. The monoisotopic (exact) mass is 276 g/mol. The van der Waals surface area contributed by atoms with Crippen molar-refractivity contribution in [2.24, 2.45) is 0 Å².